The summed E-state index contributed by atoms with van der Waals surface area (Å²) in [6.07, 6.45) is 1.30. The summed E-state index contributed by atoms with van der Waals surface area (Å²) in [5, 5.41) is 7.19. The maximum absolute atomic E-state index is 7.19. The van der Waals surface area contributed by atoms with Crippen LogP contribution in [-0.2, 0) is 0 Å². The standard InChI is InChI=1S/C7H11N3/c1-5(2)6(4-8)7(9)10-3/h4,9H,1,3,8H2,2H3/b6-4-,9-7?. The zero-order valence-electron chi connectivity index (χ0n) is 6.02. The minimum absolute atomic E-state index is 0.0648. The second kappa shape index (κ2) is 3.61. The number of nitrogens with zero attached hydrogens (tertiary/aromatic N) is 1. The molecule has 0 heterocycles. The number of rotatable bonds is 2. The molecule has 0 aliphatic rings. The van der Waals surface area contributed by atoms with Crippen molar-refractivity contribution in [3.05, 3.63) is 23.9 Å². The molecular formula is C7H11N3. The lowest BCUT2D eigenvalue weighted by Crippen LogP contribution is -2.00. The molecule has 0 aromatic carbocycles. The van der Waals surface area contributed by atoms with Gasteiger partial charge in [-0.15, -0.1) is 0 Å². The highest BCUT2D eigenvalue weighted by atomic mass is 14.8. The zero-order chi connectivity index (χ0) is 8.15. The quantitative estimate of drug-likeness (QED) is 0.334. The third-order valence-corrected chi connectivity index (χ3v) is 1.04. The lowest BCUT2D eigenvalue weighted by Gasteiger charge is -2.00. The van der Waals surface area contributed by atoms with Crippen LogP contribution >= 0.6 is 0 Å². The highest BCUT2D eigenvalue weighted by Gasteiger charge is 2.00. The van der Waals surface area contributed by atoms with E-state index in [-0.39, 0.29) is 5.84 Å². The summed E-state index contributed by atoms with van der Waals surface area (Å²) in [5.41, 5.74) is 6.46. The van der Waals surface area contributed by atoms with Crippen molar-refractivity contribution in [1.82, 2.24) is 0 Å². The van der Waals surface area contributed by atoms with Gasteiger partial charge in [0.15, 0.2) is 5.84 Å². The summed E-state index contributed by atoms with van der Waals surface area (Å²) in [6, 6.07) is 0. The number of hydrogen-bond acceptors (Lipinski definition) is 2. The zero-order valence-corrected chi connectivity index (χ0v) is 6.02. The molecule has 10 heavy (non-hydrogen) atoms. The van der Waals surface area contributed by atoms with Crippen LogP contribution in [-0.4, -0.2) is 12.6 Å². The molecule has 54 valence electrons. The molecule has 0 aromatic rings. The van der Waals surface area contributed by atoms with Gasteiger partial charge in [0.25, 0.3) is 0 Å². The van der Waals surface area contributed by atoms with Crippen LogP contribution in [0.25, 0.3) is 0 Å². The molecule has 0 aliphatic carbocycles. The van der Waals surface area contributed by atoms with E-state index in [0.29, 0.717) is 5.57 Å². The van der Waals surface area contributed by atoms with Gasteiger partial charge in [-0.3, -0.25) is 5.41 Å². The van der Waals surface area contributed by atoms with Gasteiger partial charge in [0.1, 0.15) is 0 Å². The van der Waals surface area contributed by atoms with E-state index in [1.807, 2.05) is 0 Å². The predicted octanol–water partition coefficient (Wildman–Crippen LogP) is 1.08. The van der Waals surface area contributed by atoms with Crippen LogP contribution in [0.3, 0.4) is 0 Å². The summed E-state index contributed by atoms with van der Waals surface area (Å²) in [5.74, 6) is 0.0648. The fourth-order valence-corrected chi connectivity index (χ4v) is 0.508. The third-order valence-electron chi connectivity index (χ3n) is 1.04. The fraction of sp³-hybridized carbons (Fsp3) is 0.143. The van der Waals surface area contributed by atoms with Crippen molar-refractivity contribution >= 4 is 12.6 Å². The van der Waals surface area contributed by atoms with Crippen molar-refractivity contribution in [2.75, 3.05) is 0 Å². The van der Waals surface area contributed by atoms with Crippen LogP contribution < -0.4 is 5.73 Å². The first-order valence-corrected chi connectivity index (χ1v) is 2.77. The number of nitrogens with two attached hydrogens (primary N) is 1. The van der Waals surface area contributed by atoms with Gasteiger partial charge in [-0.1, -0.05) is 6.58 Å². The maximum atomic E-state index is 7.19. The van der Waals surface area contributed by atoms with E-state index in [1.165, 1.54) is 6.20 Å². The van der Waals surface area contributed by atoms with Crippen molar-refractivity contribution in [1.29, 1.82) is 5.41 Å². The van der Waals surface area contributed by atoms with Gasteiger partial charge in [-0.05, 0) is 19.2 Å². The number of amidine groups is 1. The molecule has 0 bridgehead atoms. The fourth-order valence-electron chi connectivity index (χ4n) is 0.508. The molecule has 0 fully saturated rings. The van der Waals surface area contributed by atoms with Crippen molar-refractivity contribution in [2.24, 2.45) is 10.7 Å². The maximum Gasteiger partial charge on any atom is 0.152 e. The van der Waals surface area contributed by atoms with E-state index in [1.54, 1.807) is 6.92 Å². The van der Waals surface area contributed by atoms with E-state index < -0.39 is 0 Å². The van der Waals surface area contributed by atoms with Crippen LogP contribution in [0.15, 0.2) is 28.9 Å². The summed E-state index contributed by atoms with van der Waals surface area (Å²) < 4.78 is 0. The topological polar surface area (TPSA) is 62.2 Å². The first-order chi connectivity index (χ1) is 4.63. The molecule has 0 radical (unpaired) electrons. The monoisotopic (exact) mass is 137 g/mol. The molecule has 0 aromatic heterocycles. The van der Waals surface area contributed by atoms with E-state index in [2.05, 4.69) is 18.3 Å². The average Bonchev–Trinajstić information content (AvgIpc) is 1.88. The molecule has 0 unspecified atom stereocenters. The molecule has 0 amide bonds. The molecule has 3 heteroatoms. The Kier molecular flexibility index (Phi) is 3.11. The van der Waals surface area contributed by atoms with Gasteiger partial charge in [0, 0.05) is 11.8 Å². The smallest absolute Gasteiger partial charge is 0.152 e. The SMILES string of the molecule is C=NC(=N)/C(=C\N)C(=C)C. The predicted molar refractivity (Wildman–Crippen MR) is 44.4 cm³/mol. The number of nitrogens with one attached hydrogen (secondary N) is 1. The molecule has 0 aliphatic heterocycles. The first-order valence-electron chi connectivity index (χ1n) is 2.77. The minimum atomic E-state index is 0.0648. The highest BCUT2D eigenvalue weighted by Crippen LogP contribution is 2.06. The Morgan fingerprint density at radius 3 is 2.30 bits per heavy atom. The van der Waals surface area contributed by atoms with Gasteiger partial charge in [0.2, 0.25) is 0 Å². The lowest BCUT2D eigenvalue weighted by atomic mass is 10.1. The Morgan fingerprint density at radius 2 is 2.20 bits per heavy atom. The van der Waals surface area contributed by atoms with Crippen molar-refractivity contribution < 1.29 is 0 Å². The van der Waals surface area contributed by atoms with E-state index in [9.17, 15) is 0 Å². The van der Waals surface area contributed by atoms with Crippen LogP contribution in [0.2, 0.25) is 0 Å². The van der Waals surface area contributed by atoms with Crippen LogP contribution in [0.5, 0.6) is 0 Å². The van der Waals surface area contributed by atoms with Crippen LogP contribution in [0.4, 0.5) is 0 Å². The van der Waals surface area contributed by atoms with E-state index in [4.69, 9.17) is 11.1 Å². The second-order valence-corrected chi connectivity index (χ2v) is 1.87. The molecule has 3 nitrogen and oxygen atoms in total. The normalized spacial score (nSPS) is 10.7. The molecular weight excluding hydrogens is 126 g/mol. The van der Waals surface area contributed by atoms with Gasteiger partial charge in [0.05, 0.1) is 0 Å². The van der Waals surface area contributed by atoms with Gasteiger partial charge >= 0.3 is 0 Å². The van der Waals surface area contributed by atoms with Gasteiger partial charge in [-0.2, -0.15) is 0 Å². The van der Waals surface area contributed by atoms with Crippen molar-refractivity contribution in [3.63, 3.8) is 0 Å². The van der Waals surface area contributed by atoms with Crippen molar-refractivity contribution in [2.45, 2.75) is 6.92 Å². The second-order valence-electron chi connectivity index (χ2n) is 1.87. The molecule has 0 atom stereocenters. The minimum Gasteiger partial charge on any atom is -0.404 e. The summed E-state index contributed by atoms with van der Waals surface area (Å²) in [4.78, 5) is 3.41. The summed E-state index contributed by atoms with van der Waals surface area (Å²) in [7, 11) is 0. The molecule has 0 rings (SSSR count). The molecule has 3 N–H and O–H groups in total. The van der Waals surface area contributed by atoms with Crippen molar-refractivity contribution in [3.8, 4) is 0 Å². The lowest BCUT2D eigenvalue weighted by molar-refractivity contribution is 1.36. The largest absolute Gasteiger partial charge is 0.404 e. The summed E-state index contributed by atoms with van der Waals surface area (Å²) >= 11 is 0. The Labute approximate surface area is 60.5 Å². The van der Waals surface area contributed by atoms with Gasteiger partial charge in [-0.25, -0.2) is 4.99 Å². The first kappa shape index (κ1) is 8.62. The van der Waals surface area contributed by atoms with E-state index in [0.717, 1.165) is 5.57 Å². The molecule has 0 saturated heterocycles. The number of aliphatic imine (C=N–C) groups is 1. The Bertz CT molecular complexity index is 201. The Hall–Kier alpha value is -1.38. The third kappa shape index (κ3) is 1.85. The van der Waals surface area contributed by atoms with Crippen LogP contribution in [0.1, 0.15) is 6.92 Å². The Morgan fingerprint density at radius 1 is 1.70 bits per heavy atom. The highest BCUT2D eigenvalue weighted by molar-refractivity contribution is 6.01. The van der Waals surface area contributed by atoms with Crippen LogP contribution in [0, 0.1) is 5.41 Å². The average molecular weight is 137 g/mol. The van der Waals surface area contributed by atoms with Gasteiger partial charge < -0.3 is 5.73 Å². The summed E-state index contributed by atoms with van der Waals surface area (Å²) in [6.45, 7) is 8.58. The molecule has 0 saturated carbocycles. The molecule has 0 spiro atoms. The number of hydrogen-bond donors (Lipinski definition) is 2. The van der Waals surface area contributed by atoms with E-state index >= 15 is 0 Å². The Balaban J connectivity index is 4.54.